The zero-order valence-corrected chi connectivity index (χ0v) is 28.2. The van der Waals surface area contributed by atoms with E-state index in [0.717, 1.165) is 48.3 Å². The van der Waals surface area contributed by atoms with Crippen molar-refractivity contribution in [3.8, 4) is 0 Å². The van der Waals surface area contributed by atoms with Crippen LogP contribution >= 0.6 is 15.9 Å². The number of hydrazone groups is 1. The highest BCUT2D eigenvalue weighted by atomic mass is 79.9. The number of nitrogens with zero attached hydrogens (tertiary/aromatic N) is 5. The van der Waals surface area contributed by atoms with E-state index in [9.17, 15) is 14.4 Å². The van der Waals surface area contributed by atoms with Gasteiger partial charge in [0.2, 0.25) is 5.91 Å². The van der Waals surface area contributed by atoms with Gasteiger partial charge in [-0.05, 0) is 74.4 Å². The molecule has 12 heteroatoms. The van der Waals surface area contributed by atoms with Crippen LogP contribution < -0.4 is 16.1 Å². The fourth-order valence-electron chi connectivity index (χ4n) is 7.47. The van der Waals surface area contributed by atoms with Crippen molar-refractivity contribution in [2.75, 3.05) is 56.5 Å². The number of nitrogens with one attached hydrogen (secondary N) is 3. The molecule has 46 heavy (non-hydrogen) atoms. The number of urea groups is 2. The molecule has 0 saturated carbocycles. The second kappa shape index (κ2) is 15.5. The second-order valence-electron chi connectivity index (χ2n) is 13.0. The fourth-order valence-corrected chi connectivity index (χ4v) is 7.88. The van der Waals surface area contributed by atoms with E-state index in [0.29, 0.717) is 69.9 Å². The standard InChI is InChI=1S/C34H47BrN8O3/c35-13-8-25(20-26-22-36-37-23-26)21-31(32(44)41-16-9-28(10-17-41)40-14-4-1-5-15-40)39-33(45)42-18-11-29(12-19-42)43-24-27-6-2-3-7-30(27)38-34(43)46/h2-3,6-8,20,22,28-29,31,37H,1,4-5,9-19,21,23-24H2,(H,38,46)(H,39,45)/b25-8+,26-20-. The lowest BCUT2D eigenvalue weighted by atomic mass is 9.97. The minimum absolute atomic E-state index is 0.0129. The molecule has 3 fully saturated rings. The highest BCUT2D eigenvalue weighted by molar-refractivity contribution is 9.09. The Hall–Kier alpha value is -3.38. The molecule has 11 nitrogen and oxygen atoms in total. The number of para-hydroxylation sites is 1. The van der Waals surface area contributed by atoms with Crippen LogP contribution in [0.5, 0.6) is 0 Å². The summed E-state index contributed by atoms with van der Waals surface area (Å²) in [4.78, 5) is 49.0. The van der Waals surface area contributed by atoms with Gasteiger partial charge in [-0.25, -0.2) is 9.59 Å². The summed E-state index contributed by atoms with van der Waals surface area (Å²) in [6, 6.07) is 7.51. The summed E-state index contributed by atoms with van der Waals surface area (Å²) >= 11 is 3.53. The predicted molar refractivity (Wildman–Crippen MR) is 184 cm³/mol. The number of halogens is 1. The lowest BCUT2D eigenvalue weighted by molar-refractivity contribution is -0.134. The Morgan fingerprint density at radius 3 is 2.41 bits per heavy atom. The van der Waals surface area contributed by atoms with Crippen LogP contribution in [0.2, 0.25) is 0 Å². The van der Waals surface area contributed by atoms with Crippen molar-refractivity contribution in [1.82, 2.24) is 30.3 Å². The quantitative estimate of drug-likeness (QED) is 0.352. The Bertz CT molecular complexity index is 1340. The van der Waals surface area contributed by atoms with E-state index in [1.807, 2.05) is 34.1 Å². The number of hydrogen-bond acceptors (Lipinski definition) is 6. The maximum absolute atomic E-state index is 14.1. The van der Waals surface area contributed by atoms with Crippen LogP contribution in [0.15, 0.2) is 52.7 Å². The molecule has 1 aromatic rings. The molecule has 248 valence electrons. The van der Waals surface area contributed by atoms with Crippen molar-refractivity contribution in [3.05, 3.63) is 53.1 Å². The van der Waals surface area contributed by atoms with Gasteiger partial charge in [0.15, 0.2) is 0 Å². The van der Waals surface area contributed by atoms with E-state index in [1.54, 1.807) is 11.1 Å². The molecule has 6 rings (SSSR count). The molecule has 0 radical (unpaired) electrons. The fraction of sp³-hybridized carbons (Fsp3) is 0.588. The number of piperidine rings is 3. The Labute approximate surface area is 280 Å². The molecule has 0 spiro atoms. The highest BCUT2D eigenvalue weighted by Crippen LogP contribution is 2.28. The highest BCUT2D eigenvalue weighted by Gasteiger charge is 2.35. The second-order valence-corrected chi connectivity index (χ2v) is 13.7. The summed E-state index contributed by atoms with van der Waals surface area (Å²) < 4.78 is 0. The summed E-state index contributed by atoms with van der Waals surface area (Å²) in [5.41, 5.74) is 6.96. The van der Waals surface area contributed by atoms with Crippen LogP contribution in [-0.4, -0.2) is 113 Å². The molecule has 1 unspecified atom stereocenters. The minimum atomic E-state index is -0.672. The van der Waals surface area contributed by atoms with Gasteiger partial charge in [0.05, 0.1) is 12.8 Å². The maximum Gasteiger partial charge on any atom is 0.322 e. The van der Waals surface area contributed by atoms with Crippen molar-refractivity contribution >= 4 is 45.8 Å². The van der Waals surface area contributed by atoms with Gasteiger partial charge >= 0.3 is 12.1 Å². The minimum Gasteiger partial charge on any atom is -0.341 e. The first-order chi connectivity index (χ1) is 22.5. The monoisotopic (exact) mass is 694 g/mol. The molecule has 1 aromatic carbocycles. The number of likely N-dealkylation sites (tertiary alicyclic amines) is 3. The van der Waals surface area contributed by atoms with Crippen LogP contribution in [-0.2, 0) is 11.3 Å². The first-order valence-corrected chi connectivity index (χ1v) is 18.1. The van der Waals surface area contributed by atoms with Gasteiger partial charge in [-0.1, -0.05) is 52.7 Å². The van der Waals surface area contributed by atoms with Crippen molar-refractivity contribution in [2.24, 2.45) is 5.10 Å². The van der Waals surface area contributed by atoms with Crippen molar-refractivity contribution in [3.63, 3.8) is 0 Å². The van der Waals surface area contributed by atoms with E-state index in [1.165, 1.54) is 19.3 Å². The number of fused-ring (bicyclic) bond motifs is 1. The van der Waals surface area contributed by atoms with Crippen LogP contribution in [0.25, 0.3) is 0 Å². The van der Waals surface area contributed by atoms with Crippen LogP contribution in [0, 0.1) is 0 Å². The van der Waals surface area contributed by atoms with Crippen molar-refractivity contribution in [2.45, 2.75) is 76.0 Å². The number of anilines is 1. The summed E-state index contributed by atoms with van der Waals surface area (Å²) in [5.74, 6) is -0.0129. The van der Waals surface area contributed by atoms with Gasteiger partial charge in [-0.15, -0.1) is 0 Å². The number of amides is 5. The Morgan fingerprint density at radius 2 is 1.70 bits per heavy atom. The molecule has 5 heterocycles. The average molecular weight is 696 g/mol. The largest absolute Gasteiger partial charge is 0.341 e. The van der Waals surface area contributed by atoms with Crippen LogP contribution in [0.3, 0.4) is 0 Å². The summed E-state index contributed by atoms with van der Waals surface area (Å²) in [6.45, 7) is 6.03. The number of allylic oxidation sites excluding steroid dienone is 2. The normalized spacial score (nSPS) is 23.2. The van der Waals surface area contributed by atoms with E-state index >= 15 is 0 Å². The van der Waals surface area contributed by atoms with E-state index < -0.39 is 6.04 Å². The molecule has 0 aromatic heterocycles. The molecule has 3 N–H and O–H groups in total. The zero-order chi connectivity index (χ0) is 31.9. The number of carbonyl (C=O) groups excluding carboxylic acids is 3. The molecule has 5 aliphatic rings. The van der Waals surface area contributed by atoms with Gasteiger partial charge in [-0.2, -0.15) is 5.10 Å². The molecule has 5 amide bonds. The van der Waals surface area contributed by atoms with E-state index in [4.69, 9.17) is 0 Å². The third-order valence-electron chi connectivity index (χ3n) is 10.1. The number of hydrogen-bond donors (Lipinski definition) is 3. The first-order valence-electron chi connectivity index (χ1n) is 16.9. The predicted octanol–water partition coefficient (Wildman–Crippen LogP) is 4.28. The molecule has 0 bridgehead atoms. The molecule has 3 saturated heterocycles. The summed E-state index contributed by atoms with van der Waals surface area (Å²) in [6.07, 6.45) is 13.5. The third kappa shape index (κ3) is 7.94. The number of alkyl halides is 1. The topological polar surface area (TPSA) is 113 Å². The lowest BCUT2D eigenvalue weighted by Gasteiger charge is -2.42. The SMILES string of the molecule is O=C(NC(CC(=C/CBr)/C=C1/C=NNC1)C(=O)N1CCC(N2CCCCC2)CC1)N1CCC(N2Cc3ccccc3NC2=O)CC1. The van der Waals surface area contributed by atoms with Crippen molar-refractivity contribution in [1.29, 1.82) is 0 Å². The lowest BCUT2D eigenvalue weighted by Crippen LogP contribution is -2.57. The van der Waals surface area contributed by atoms with Gasteiger partial charge in [-0.3, -0.25) is 4.79 Å². The molecular formula is C34H47BrN8O3. The average Bonchev–Trinajstić information content (AvgIpc) is 3.61. The Kier molecular flexibility index (Phi) is 11.0. The summed E-state index contributed by atoms with van der Waals surface area (Å²) in [7, 11) is 0. The van der Waals surface area contributed by atoms with Gasteiger partial charge in [0.1, 0.15) is 6.04 Å². The van der Waals surface area contributed by atoms with E-state index in [2.05, 4.69) is 54.1 Å². The molecule has 0 aliphatic carbocycles. The Balaban J connectivity index is 1.09. The first kappa shape index (κ1) is 32.6. The smallest absolute Gasteiger partial charge is 0.322 e. The van der Waals surface area contributed by atoms with Gasteiger partial charge in [0, 0.05) is 62.2 Å². The van der Waals surface area contributed by atoms with Gasteiger partial charge in [0.25, 0.3) is 0 Å². The number of benzene rings is 1. The van der Waals surface area contributed by atoms with Crippen LogP contribution in [0.4, 0.5) is 15.3 Å². The Morgan fingerprint density at radius 1 is 0.978 bits per heavy atom. The molecule has 5 aliphatic heterocycles. The summed E-state index contributed by atoms with van der Waals surface area (Å²) in [5, 5.41) is 10.9. The van der Waals surface area contributed by atoms with Gasteiger partial charge < -0.3 is 35.7 Å². The number of rotatable bonds is 8. The maximum atomic E-state index is 14.1. The number of carbonyl (C=O) groups is 3. The van der Waals surface area contributed by atoms with E-state index in [-0.39, 0.29) is 24.0 Å². The van der Waals surface area contributed by atoms with Crippen molar-refractivity contribution < 1.29 is 14.4 Å². The molecule has 1 atom stereocenters. The third-order valence-corrected chi connectivity index (χ3v) is 10.4. The molecular weight excluding hydrogens is 648 g/mol. The zero-order valence-electron chi connectivity index (χ0n) is 26.6. The van der Waals surface area contributed by atoms with Crippen LogP contribution in [0.1, 0.15) is 56.9 Å².